The Bertz CT molecular complexity index is 957. The molecule has 0 fully saturated rings. The van der Waals surface area contributed by atoms with E-state index < -0.39 is 0 Å². The van der Waals surface area contributed by atoms with Crippen molar-refractivity contribution in [2.45, 2.75) is 33.7 Å². The predicted octanol–water partition coefficient (Wildman–Crippen LogP) is 4.26. The minimum Gasteiger partial charge on any atom is -0.493 e. The molecule has 0 radical (unpaired) electrons. The largest absolute Gasteiger partial charge is 0.493 e. The zero-order valence-electron chi connectivity index (χ0n) is 17.0. The zero-order chi connectivity index (χ0) is 20.8. The molecule has 0 saturated heterocycles. The number of amides is 1. The van der Waals surface area contributed by atoms with Gasteiger partial charge in [0, 0.05) is 29.8 Å². The van der Waals surface area contributed by atoms with Crippen LogP contribution >= 0.6 is 0 Å². The van der Waals surface area contributed by atoms with E-state index >= 15 is 0 Å². The van der Waals surface area contributed by atoms with Crippen molar-refractivity contribution < 1.29 is 14.6 Å². The summed E-state index contributed by atoms with van der Waals surface area (Å²) in [5, 5.41) is 12.8. The molecule has 1 amide bonds. The monoisotopic (exact) mass is 390 g/mol. The Morgan fingerprint density at radius 1 is 1.03 bits per heavy atom. The van der Waals surface area contributed by atoms with Crippen molar-refractivity contribution in [3.05, 3.63) is 88.1 Å². The first-order valence-corrected chi connectivity index (χ1v) is 9.65. The second-order valence-electron chi connectivity index (χ2n) is 7.17. The number of carbonyl (C=O) groups is 1. The van der Waals surface area contributed by atoms with Crippen LogP contribution in [0.2, 0.25) is 0 Å². The number of carbonyl (C=O) groups excluding carboxylic acids is 1. The van der Waals surface area contributed by atoms with Crippen molar-refractivity contribution in [3.8, 4) is 11.6 Å². The highest BCUT2D eigenvalue weighted by atomic mass is 16.5. The number of aromatic nitrogens is 1. The van der Waals surface area contributed by atoms with E-state index in [2.05, 4.69) is 10.3 Å². The normalized spacial score (nSPS) is 10.6. The number of hydrogen-bond acceptors (Lipinski definition) is 4. The van der Waals surface area contributed by atoms with Gasteiger partial charge in [0.05, 0.1) is 6.61 Å². The van der Waals surface area contributed by atoms with Crippen LogP contribution in [0.3, 0.4) is 0 Å². The third kappa shape index (κ3) is 5.57. The van der Waals surface area contributed by atoms with Crippen LogP contribution in [0.15, 0.2) is 54.6 Å². The molecule has 150 valence electrons. The molecule has 2 aromatic carbocycles. The molecule has 0 spiro atoms. The number of nitrogens with one attached hydrogen (secondary N) is 1. The topological polar surface area (TPSA) is 71.5 Å². The molecule has 5 nitrogen and oxygen atoms in total. The second kappa shape index (κ2) is 9.24. The fourth-order valence-electron chi connectivity index (χ4n) is 3.08. The maximum absolute atomic E-state index is 12.4. The van der Waals surface area contributed by atoms with Crippen molar-refractivity contribution in [3.63, 3.8) is 0 Å². The van der Waals surface area contributed by atoms with Crippen LogP contribution in [-0.2, 0) is 13.0 Å². The molecule has 0 aliphatic carbocycles. The van der Waals surface area contributed by atoms with E-state index in [9.17, 15) is 9.90 Å². The number of aromatic hydroxyl groups is 1. The highest BCUT2D eigenvalue weighted by Crippen LogP contribution is 2.19. The minimum absolute atomic E-state index is 0.0354. The average Bonchev–Trinajstić information content (AvgIpc) is 2.69. The van der Waals surface area contributed by atoms with Crippen LogP contribution in [0.5, 0.6) is 11.6 Å². The van der Waals surface area contributed by atoms with Gasteiger partial charge in [-0.2, -0.15) is 0 Å². The number of hydrogen-bond donors (Lipinski definition) is 2. The van der Waals surface area contributed by atoms with Gasteiger partial charge < -0.3 is 15.2 Å². The quantitative estimate of drug-likeness (QED) is 0.632. The predicted molar refractivity (Wildman–Crippen MR) is 113 cm³/mol. The first-order valence-electron chi connectivity index (χ1n) is 9.65. The Morgan fingerprint density at radius 2 is 1.72 bits per heavy atom. The zero-order valence-corrected chi connectivity index (χ0v) is 17.0. The summed E-state index contributed by atoms with van der Waals surface area (Å²) in [6.45, 7) is 6.57. The van der Waals surface area contributed by atoms with Crippen LogP contribution < -0.4 is 10.1 Å². The molecule has 3 aromatic rings. The van der Waals surface area contributed by atoms with Gasteiger partial charge in [-0.15, -0.1) is 0 Å². The number of nitrogens with zero attached hydrogens (tertiary/aromatic N) is 1. The first kappa shape index (κ1) is 20.4. The van der Waals surface area contributed by atoms with Gasteiger partial charge in [0.2, 0.25) is 5.88 Å². The molecular formula is C24H26N2O3. The van der Waals surface area contributed by atoms with Crippen LogP contribution in [0, 0.1) is 20.8 Å². The van der Waals surface area contributed by atoms with E-state index in [0.29, 0.717) is 17.7 Å². The maximum atomic E-state index is 12.4. The molecule has 0 aliphatic rings. The van der Waals surface area contributed by atoms with Crippen molar-refractivity contribution in [1.82, 2.24) is 10.3 Å². The lowest BCUT2D eigenvalue weighted by Crippen LogP contribution is -2.23. The Hall–Kier alpha value is -3.34. The standard InChI is InChI=1S/C24H26N2O3/c1-16-4-10-21(11-5-16)29-13-12-19-6-8-20(9-7-19)23(27)25-15-22-17(2)14-18(3)26-24(22)28/h4-11,14H,12-13,15H2,1-3H3,(H,25,27)(H,26,28). The summed E-state index contributed by atoms with van der Waals surface area (Å²) in [4.78, 5) is 16.5. The van der Waals surface area contributed by atoms with Gasteiger partial charge in [-0.25, -0.2) is 4.98 Å². The second-order valence-corrected chi connectivity index (χ2v) is 7.17. The molecule has 0 aliphatic heterocycles. The summed E-state index contributed by atoms with van der Waals surface area (Å²) in [6, 6.07) is 17.3. The number of rotatable bonds is 7. The van der Waals surface area contributed by atoms with Gasteiger partial charge in [-0.3, -0.25) is 4.79 Å². The number of ether oxygens (including phenoxy) is 1. The SMILES string of the molecule is Cc1ccc(OCCc2ccc(C(=O)NCc3c(C)cc(C)nc3O)cc2)cc1. The van der Waals surface area contributed by atoms with Gasteiger partial charge >= 0.3 is 0 Å². The summed E-state index contributed by atoms with van der Waals surface area (Å²) in [5.41, 5.74) is 5.16. The lowest BCUT2D eigenvalue weighted by molar-refractivity contribution is 0.0950. The van der Waals surface area contributed by atoms with Crippen LogP contribution in [0.4, 0.5) is 0 Å². The molecule has 0 bridgehead atoms. The van der Waals surface area contributed by atoms with Crippen LogP contribution in [0.25, 0.3) is 0 Å². The van der Waals surface area contributed by atoms with Gasteiger partial charge in [-0.05, 0) is 62.2 Å². The summed E-state index contributed by atoms with van der Waals surface area (Å²) in [6.07, 6.45) is 0.762. The van der Waals surface area contributed by atoms with Crippen molar-refractivity contribution in [2.75, 3.05) is 6.61 Å². The molecule has 1 heterocycles. The molecule has 29 heavy (non-hydrogen) atoms. The average molecular weight is 390 g/mol. The van der Waals surface area contributed by atoms with E-state index in [4.69, 9.17) is 4.74 Å². The molecular weight excluding hydrogens is 364 g/mol. The Kier molecular flexibility index (Phi) is 6.50. The first-order chi connectivity index (χ1) is 13.9. The van der Waals surface area contributed by atoms with Crippen molar-refractivity contribution >= 4 is 5.91 Å². The summed E-state index contributed by atoms with van der Waals surface area (Å²) < 4.78 is 5.75. The van der Waals surface area contributed by atoms with E-state index in [1.54, 1.807) is 12.1 Å². The summed E-state index contributed by atoms with van der Waals surface area (Å²) >= 11 is 0. The smallest absolute Gasteiger partial charge is 0.251 e. The van der Waals surface area contributed by atoms with E-state index in [1.165, 1.54) is 5.56 Å². The van der Waals surface area contributed by atoms with Crippen LogP contribution in [-0.4, -0.2) is 22.6 Å². The van der Waals surface area contributed by atoms with E-state index in [0.717, 1.165) is 29.0 Å². The molecule has 0 atom stereocenters. The Morgan fingerprint density at radius 3 is 2.38 bits per heavy atom. The van der Waals surface area contributed by atoms with Gasteiger partial charge in [-0.1, -0.05) is 29.8 Å². The van der Waals surface area contributed by atoms with Crippen LogP contribution in [0.1, 0.15) is 38.3 Å². The highest BCUT2D eigenvalue weighted by Gasteiger charge is 2.11. The van der Waals surface area contributed by atoms with Gasteiger partial charge in [0.1, 0.15) is 5.75 Å². The summed E-state index contributed by atoms with van der Waals surface area (Å²) in [7, 11) is 0. The van der Waals surface area contributed by atoms with Gasteiger partial charge in [0.15, 0.2) is 0 Å². The molecule has 1 aromatic heterocycles. The molecule has 0 unspecified atom stereocenters. The fraction of sp³-hybridized carbons (Fsp3) is 0.250. The van der Waals surface area contributed by atoms with Crippen molar-refractivity contribution in [1.29, 1.82) is 0 Å². The number of benzene rings is 2. The number of aryl methyl sites for hydroxylation is 3. The highest BCUT2D eigenvalue weighted by molar-refractivity contribution is 5.94. The lowest BCUT2D eigenvalue weighted by atomic mass is 10.1. The lowest BCUT2D eigenvalue weighted by Gasteiger charge is -2.11. The fourth-order valence-corrected chi connectivity index (χ4v) is 3.08. The molecule has 2 N–H and O–H groups in total. The van der Waals surface area contributed by atoms with E-state index in [1.807, 2.05) is 63.2 Å². The third-order valence-electron chi connectivity index (χ3n) is 4.78. The maximum Gasteiger partial charge on any atom is 0.251 e. The molecule has 3 rings (SSSR count). The van der Waals surface area contributed by atoms with Gasteiger partial charge in [0.25, 0.3) is 5.91 Å². The summed E-state index contributed by atoms with van der Waals surface area (Å²) in [5.74, 6) is 0.634. The van der Waals surface area contributed by atoms with E-state index in [-0.39, 0.29) is 18.3 Å². The van der Waals surface area contributed by atoms with Crippen molar-refractivity contribution in [2.24, 2.45) is 0 Å². The Balaban J connectivity index is 1.51. The molecule has 0 saturated carbocycles. The molecule has 5 heteroatoms. The Labute approximate surface area is 171 Å². The number of pyridine rings is 1. The third-order valence-corrected chi connectivity index (χ3v) is 4.78. The minimum atomic E-state index is -0.188.